The van der Waals surface area contributed by atoms with Crippen LogP contribution in [0.15, 0.2) is 388 Å². The van der Waals surface area contributed by atoms with Crippen molar-refractivity contribution in [1.82, 2.24) is 0 Å². The molecule has 0 fully saturated rings. The molecule has 0 saturated heterocycles. The van der Waals surface area contributed by atoms with Crippen molar-refractivity contribution in [3.63, 3.8) is 0 Å². The van der Waals surface area contributed by atoms with Crippen LogP contribution in [0.4, 0.5) is 0 Å². The van der Waals surface area contributed by atoms with Crippen molar-refractivity contribution in [2.24, 2.45) is 0 Å². The normalized spacial score (nSPS) is 13.1. The fourth-order valence-corrected chi connectivity index (χ4v) is 19.0. The van der Waals surface area contributed by atoms with Gasteiger partial charge in [0.2, 0.25) is 0 Å². The molecule has 22 rings (SSSR count). The van der Waals surface area contributed by atoms with E-state index >= 15 is 0 Å². The molecule has 0 aliphatic heterocycles. The third kappa shape index (κ3) is 10.5. The second-order valence-corrected chi connectivity index (χ2v) is 31.3. The van der Waals surface area contributed by atoms with E-state index in [-0.39, 0.29) is 10.8 Å². The Morgan fingerprint density at radius 2 is 0.455 bits per heavy atom. The number of benzene rings is 20. The maximum absolute atomic E-state index is 2.48. The molecule has 20 aromatic rings. The Balaban J connectivity index is 0.000000140. The summed E-state index contributed by atoms with van der Waals surface area (Å²) < 4.78 is 0. The highest BCUT2D eigenvalue weighted by atomic mass is 14.4. The van der Waals surface area contributed by atoms with Gasteiger partial charge in [0.15, 0.2) is 0 Å². The summed E-state index contributed by atoms with van der Waals surface area (Å²) in [5.74, 6) is 0. The third-order valence-corrected chi connectivity index (χ3v) is 24.4. The van der Waals surface area contributed by atoms with Crippen LogP contribution in [0.1, 0.15) is 49.9 Å². The van der Waals surface area contributed by atoms with Crippen molar-refractivity contribution >= 4 is 86.2 Å². The first-order valence-corrected chi connectivity index (χ1v) is 38.7. The second-order valence-electron chi connectivity index (χ2n) is 31.3. The van der Waals surface area contributed by atoms with Crippen molar-refractivity contribution in [3.8, 4) is 111 Å². The Morgan fingerprint density at radius 1 is 0.136 bits per heavy atom. The number of rotatable bonds is 8. The molecule has 0 aromatic heterocycles. The molecule has 0 heteroatoms. The van der Waals surface area contributed by atoms with Crippen LogP contribution in [0.2, 0.25) is 0 Å². The molecule has 2 aliphatic carbocycles. The third-order valence-electron chi connectivity index (χ3n) is 24.4. The van der Waals surface area contributed by atoms with Crippen LogP contribution in [-0.2, 0) is 10.8 Å². The van der Waals surface area contributed by atoms with Gasteiger partial charge in [0.25, 0.3) is 0 Å². The lowest BCUT2D eigenvalue weighted by Gasteiger charge is -2.23. The zero-order valence-electron chi connectivity index (χ0n) is 62.0. The molecule has 20 aromatic carbocycles. The van der Waals surface area contributed by atoms with Gasteiger partial charge in [0.05, 0.1) is 0 Å². The van der Waals surface area contributed by atoms with E-state index in [0.717, 1.165) is 0 Å². The molecule has 2 aliphatic rings. The summed E-state index contributed by atoms with van der Waals surface area (Å²) in [5.41, 5.74) is 30.8. The van der Waals surface area contributed by atoms with Crippen molar-refractivity contribution in [2.75, 3.05) is 0 Å². The molecule has 0 heterocycles. The van der Waals surface area contributed by atoms with Crippen molar-refractivity contribution < 1.29 is 0 Å². The van der Waals surface area contributed by atoms with Crippen LogP contribution in [0.25, 0.3) is 197 Å². The molecule has 0 amide bonds. The van der Waals surface area contributed by atoms with Crippen LogP contribution < -0.4 is 0 Å². The van der Waals surface area contributed by atoms with Crippen LogP contribution in [0.3, 0.4) is 0 Å². The maximum Gasteiger partial charge on any atom is 0.0159 e. The maximum atomic E-state index is 2.48. The molecular weight excluding hydrogens is 1320 g/mol. The molecule has 0 radical (unpaired) electrons. The second kappa shape index (κ2) is 25.6. The van der Waals surface area contributed by atoms with E-state index in [0.29, 0.717) is 0 Å². The number of hydrogen-bond donors (Lipinski definition) is 0. The molecule has 0 unspecified atom stereocenters. The van der Waals surface area contributed by atoms with Crippen molar-refractivity contribution in [1.29, 1.82) is 0 Å². The summed E-state index contributed by atoms with van der Waals surface area (Å²) in [6.45, 7) is 9.50. The van der Waals surface area contributed by atoms with Gasteiger partial charge in [-0.15, -0.1) is 0 Å². The molecule has 0 N–H and O–H groups in total. The molecule has 0 bridgehead atoms. The molecule has 0 nitrogen and oxygen atoms in total. The Hall–Kier alpha value is -13.5. The first-order chi connectivity index (χ1) is 54.1. The average molecular weight is 1400 g/mol. The van der Waals surface area contributed by atoms with Gasteiger partial charge in [-0.25, -0.2) is 0 Å². The predicted molar refractivity (Wildman–Crippen MR) is 472 cm³/mol. The fourth-order valence-electron chi connectivity index (χ4n) is 19.0. The minimum absolute atomic E-state index is 0.0814. The van der Waals surface area contributed by atoms with Crippen molar-refractivity contribution in [3.05, 3.63) is 411 Å². The first-order valence-electron chi connectivity index (χ1n) is 38.7. The van der Waals surface area contributed by atoms with E-state index in [1.165, 1.54) is 220 Å². The highest BCUT2D eigenvalue weighted by Gasteiger charge is 2.37. The summed E-state index contributed by atoms with van der Waals surface area (Å²) in [6, 6.07) is 145. The Morgan fingerprint density at radius 3 is 0.982 bits per heavy atom. The van der Waals surface area contributed by atoms with E-state index in [1.807, 2.05) is 0 Å². The summed E-state index contributed by atoms with van der Waals surface area (Å²) in [4.78, 5) is 0. The molecule has 0 spiro atoms. The van der Waals surface area contributed by atoms with Gasteiger partial charge in [-0.2, -0.15) is 0 Å². The first kappa shape index (κ1) is 64.8. The topological polar surface area (TPSA) is 0 Å². The molecule has 110 heavy (non-hydrogen) atoms. The molecule has 0 saturated carbocycles. The smallest absolute Gasteiger partial charge is 0.0159 e. The minimum atomic E-state index is -0.0872. The van der Waals surface area contributed by atoms with Gasteiger partial charge in [-0.1, -0.05) is 361 Å². The van der Waals surface area contributed by atoms with Gasteiger partial charge >= 0.3 is 0 Å². The quantitative estimate of drug-likeness (QED) is 0.105. The largest absolute Gasteiger partial charge is 0.0622 e. The summed E-state index contributed by atoms with van der Waals surface area (Å²) in [5, 5.41) is 20.3. The highest BCUT2D eigenvalue weighted by Crippen LogP contribution is 2.55. The number of fused-ring (bicyclic) bond motifs is 15. The summed E-state index contributed by atoms with van der Waals surface area (Å²) in [6.07, 6.45) is 0. The van der Waals surface area contributed by atoms with Crippen LogP contribution in [-0.4, -0.2) is 0 Å². The lowest BCUT2D eigenvalue weighted by atomic mass is 9.80. The van der Waals surface area contributed by atoms with Gasteiger partial charge in [-0.05, 0) is 274 Å². The molecule has 0 atom stereocenters. The lowest BCUT2D eigenvalue weighted by molar-refractivity contribution is 0.660. The fraction of sp³-hybridized carbons (Fsp3) is 0.0545. The van der Waals surface area contributed by atoms with E-state index in [4.69, 9.17) is 0 Å². The van der Waals surface area contributed by atoms with Crippen LogP contribution in [0, 0.1) is 0 Å². The summed E-state index contributed by atoms with van der Waals surface area (Å²) >= 11 is 0. The molecular formula is C110H76. The van der Waals surface area contributed by atoms with Gasteiger partial charge in [-0.3, -0.25) is 0 Å². The van der Waals surface area contributed by atoms with Gasteiger partial charge < -0.3 is 0 Å². The number of hydrogen-bond acceptors (Lipinski definition) is 0. The van der Waals surface area contributed by atoms with Gasteiger partial charge in [0.1, 0.15) is 0 Å². The Labute approximate surface area is 642 Å². The highest BCUT2D eigenvalue weighted by molar-refractivity contribution is 6.25. The van der Waals surface area contributed by atoms with Crippen LogP contribution >= 0.6 is 0 Å². The van der Waals surface area contributed by atoms with E-state index < -0.39 is 0 Å². The standard InChI is InChI=1S/2C55H38/c1-55(2)51-26-13-12-23-44(51)45-29-28-40(34-52(45)55)54-47-25-11-10-24-46(47)53(48-30-27-36(32-50(48)54)35-15-4-3-5-16-35)39-19-14-18-37(31-39)49-33-38-17-6-7-20-41(38)42-21-8-9-22-43(42)49;1-55(2)51-19-11-10-16-45(51)46-28-27-44(34-52(46)55)54-48-18-9-8-17-47(48)53(49-29-26-42(33-50(49)54)35-12-4-3-5-13-35)43-25-24-40-31-39(22-23-41(40)32-43)38-21-20-36-14-6-7-15-37(36)30-38/h2*3-34H,1-2H3. The average Bonchev–Trinajstić information content (AvgIpc) is 0.878. The van der Waals surface area contributed by atoms with Crippen LogP contribution in [0.5, 0.6) is 0 Å². The van der Waals surface area contributed by atoms with E-state index in [1.54, 1.807) is 0 Å². The monoisotopic (exact) mass is 1400 g/mol. The minimum Gasteiger partial charge on any atom is -0.0622 e. The SMILES string of the molecule is CC1(C)c2ccccc2-c2ccc(-c3c4ccccc4c(-c4ccc5cc(-c6ccc7ccccc7c6)ccc5c4)c4ccc(-c5ccccc5)cc34)cc21.CC1(C)c2ccccc2-c2ccc(-c3c4ccccc4c(-c4cccc(-c5cc6ccccc6c6ccccc56)c4)c4ccc(-c5ccccc5)cc34)cc21. The van der Waals surface area contributed by atoms with Gasteiger partial charge in [0, 0.05) is 10.8 Å². The lowest BCUT2D eigenvalue weighted by Crippen LogP contribution is -2.14. The van der Waals surface area contributed by atoms with Crippen molar-refractivity contribution in [2.45, 2.75) is 38.5 Å². The Kier molecular flexibility index (Phi) is 15.1. The molecule has 516 valence electrons. The Bertz CT molecular complexity index is 7190. The van der Waals surface area contributed by atoms with E-state index in [9.17, 15) is 0 Å². The zero-order chi connectivity index (χ0) is 73.3. The zero-order valence-corrected chi connectivity index (χ0v) is 62.0. The van der Waals surface area contributed by atoms with E-state index in [2.05, 4.69) is 416 Å². The summed E-state index contributed by atoms with van der Waals surface area (Å²) in [7, 11) is 0. The predicted octanol–water partition coefficient (Wildman–Crippen LogP) is 30.5.